The lowest BCUT2D eigenvalue weighted by molar-refractivity contribution is -0.121. The van der Waals surface area contributed by atoms with Crippen LogP contribution in [-0.2, 0) is 16.1 Å². The molecule has 1 amide bonds. The Morgan fingerprint density at radius 1 is 1.48 bits per heavy atom. The third kappa shape index (κ3) is 4.25. The number of carbonyl (C=O) groups excluding carboxylic acids is 1. The molecule has 1 saturated carbocycles. The largest absolute Gasteiger partial charge is 0.356 e. The minimum absolute atomic E-state index is 0.0209. The van der Waals surface area contributed by atoms with Gasteiger partial charge in [0.2, 0.25) is 5.91 Å². The molecule has 0 aromatic heterocycles. The third-order valence-corrected chi connectivity index (χ3v) is 4.10. The molecule has 5 heteroatoms. The van der Waals surface area contributed by atoms with Crippen molar-refractivity contribution in [2.24, 2.45) is 5.73 Å². The number of halogens is 1. The highest BCUT2D eigenvalue weighted by Gasteiger charge is 2.33. The van der Waals surface area contributed by atoms with Crippen molar-refractivity contribution in [3.8, 4) is 0 Å². The van der Waals surface area contributed by atoms with E-state index in [-0.39, 0.29) is 24.4 Å². The van der Waals surface area contributed by atoms with Crippen LogP contribution in [0.25, 0.3) is 0 Å². The van der Waals surface area contributed by atoms with Crippen molar-refractivity contribution in [1.29, 1.82) is 0 Å². The molecule has 21 heavy (non-hydrogen) atoms. The standard InChI is InChI=1S/C16H23FN2O2/c1-11-4-3-5-15(17)14(11)10-21-16(18)8-6-13(7-9-16)19-12(2)20/h3-5,13H,6-10,18H2,1-2H3,(H,19,20). The molecule has 1 aliphatic carbocycles. The number of nitrogens with two attached hydrogens (primary N) is 1. The maximum absolute atomic E-state index is 13.8. The number of benzene rings is 1. The van der Waals surface area contributed by atoms with Gasteiger partial charge in [0.1, 0.15) is 11.5 Å². The average Bonchev–Trinajstić information content (AvgIpc) is 2.41. The summed E-state index contributed by atoms with van der Waals surface area (Å²) in [4.78, 5) is 11.0. The molecule has 0 heterocycles. The first-order valence-corrected chi connectivity index (χ1v) is 7.33. The van der Waals surface area contributed by atoms with Crippen molar-refractivity contribution in [3.05, 3.63) is 35.1 Å². The summed E-state index contributed by atoms with van der Waals surface area (Å²) in [7, 11) is 0. The quantitative estimate of drug-likeness (QED) is 0.838. The fourth-order valence-corrected chi connectivity index (χ4v) is 2.75. The molecule has 4 nitrogen and oxygen atoms in total. The molecule has 1 aromatic rings. The summed E-state index contributed by atoms with van der Waals surface area (Å²) in [6.45, 7) is 3.56. The van der Waals surface area contributed by atoms with Gasteiger partial charge in [-0.1, -0.05) is 12.1 Å². The molecular formula is C16H23FN2O2. The average molecular weight is 294 g/mol. The molecule has 3 N–H and O–H groups in total. The second-order valence-electron chi connectivity index (χ2n) is 5.86. The van der Waals surface area contributed by atoms with E-state index in [4.69, 9.17) is 10.5 Å². The smallest absolute Gasteiger partial charge is 0.217 e. The Morgan fingerprint density at radius 2 is 2.14 bits per heavy atom. The number of amides is 1. The van der Waals surface area contributed by atoms with E-state index in [9.17, 15) is 9.18 Å². The van der Waals surface area contributed by atoms with Gasteiger partial charge < -0.3 is 15.8 Å². The van der Waals surface area contributed by atoms with E-state index >= 15 is 0 Å². The number of rotatable bonds is 4. The first kappa shape index (κ1) is 15.9. The van der Waals surface area contributed by atoms with E-state index < -0.39 is 5.72 Å². The van der Waals surface area contributed by atoms with Gasteiger partial charge in [-0.2, -0.15) is 0 Å². The molecule has 0 spiro atoms. The Bertz CT molecular complexity index is 491. The number of hydrogen-bond acceptors (Lipinski definition) is 3. The highest BCUT2D eigenvalue weighted by atomic mass is 19.1. The number of aryl methyl sites for hydroxylation is 1. The van der Waals surface area contributed by atoms with Gasteiger partial charge in [0.05, 0.1) is 6.61 Å². The van der Waals surface area contributed by atoms with Gasteiger partial charge in [-0.3, -0.25) is 4.79 Å². The van der Waals surface area contributed by atoms with E-state index in [1.165, 1.54) is 13.0 Å². The van der Waals surface area contributed by atoms with Crippen LogP contribution in [-0.4, -0.2) is 17.7 Å². The highest BCUT2D eigenvalue weighted by molar-refractivity contribution is 5.73. The maximum Gasteiger partial charge on any atom is 0.217 e. The SMILES string of the molecule is CC(=O)NC1CCC(N)(OCc2c(C)cccc2F)CC1. The molecule has 2 rings (SSSR count). The Labute approximate surface area is 124 Å². The minimum atomic E-state index is -0.732. The van der Waals surface area contributed by atoms with E-state index in [1.807, 2.05) is 13.0 Å². The molecule has 0 bridgehead atoms. The fraction of sp³-hybridized carbons (Fsp3) is 0.562. The zero-order valence-electron chi connectivity index (χ0n) is 12.6. The van der Waals surface area contributed by atoms with Gasteiger partial charge in [-0.05, 0) is 44.2 Å². The van der Waals surface area contributed by atoms with E-state index in [0.717, 1.165) is 18.4 Å². The molecule has 0 radical (unpaired) electrons. The Kier molecular flexibility index (Phi) is 4.96. The lowest BCUT2D eigenvalue weighted by Crippen LogP contribution is -2.49. The zero-order chi connectivity index (χ0) is 15.5. The normalized spacial score (nSPS) is 25.6. The molecule has 1 aliphatic rings. The molecule has 0 saturated heterocycles. The van der Waals surface area contributed by atoms with Crippen LogP contribution >= 0.6 is 0 Å². The monoisotopic (exact) mass is 294 g/mol. The molecule has 0 atom stereocenters. The second kappa shape index (κ2) is 6.54. The van der Waals surface area contributed by atoms with Crippen LogP contribution in [0.1, 0.15) is 43.7 Å². The van der Waals surface area contributed by atoms with Crippen molar-refractivity contribution in [3.63, 3.8) is 0 Å². The Balaban J connectivity index is 1.90. The van der Waals surface area contributed by atoms with Crippen molar-refractivity contribution < 1.29 is 13.9 Å². The zero-order valence-corrected chi connectivity index (χ0v) is 12.6. The summed E-state index contributed by atoms with van der Waals surface area (Å²) in [5.41, 5.74) is 6.94. The summed E-state index contributed by atoms with van der Waals surface area (Å²) in [6, 6.07) is 5.14. The van der Waals surface area contributed by atoms with Crippen LogP contribution in [0.15, 0.2) is 18.2 Å². The van der Waals surface area contributed by atoms with Gasteiger partial charge in [0.25, 0.3) is 0 Å². The predicted molar refractivity (Wildman–Crippen MR) is 78.9 cm³/mol. The Morgan fingerprint density at radius 3 is 2.71 bits per heavy atom. The first-order valence-electron chi connectivity index (χ1n) is 7.33. The van der Waals surface area contributed by atoms with E-state index in [1.54, 1.807) is 6.07 Å². The van der Waals surface area contributed by atoms with Crippen molar-refractivity contribution >= 4 is 5.91 Å². The summed E-state index contributed by atoms with van der Waals surface area (Å²) in [5.74, 6) is -0.280. The van der Waals surface area contributed by atoms with Crippen LogP contribution in [0, 0.1) is 12.7 Å². The van der Waals surface area contributed by atoms with Crippen molar-refractivity contribution in [2.75, 3.05) is 0 Å². The summed E-state index contributed by atoms with van der Waals surface area (Å²) in [6.07, 6.45) is 2.88. The van der Waals surface area contributed by atoms with Crippen LogP contribution in [0.2, 0.25) is 0 Å². The maximum atomic E-state index is 13.8. The van der Waals surface area contributed by atoms with E-state index in [0.29, 0.717) is 18.4 Å². The first-order chi connectivity index (χ1) is 9.89. The van der Waals surface area contributed by atoms with Crippen molar-refractivity contribution in [2.45, 2.75) is 57.9 Å². The van der Waals surface area contributed by atoms with Crippen LogP contribution < -0.4 is 11.1 Å². The molecule has 116 valence electrons. The minimum Gasteiger partial charge on any atom is -0.356 e. The second-order valence-corrected chi connectivity index (χ2v) is 5.86. The molecule has 1 fully saturated rings. The third-order valence-electron chi connectivity index (χ3n) is 4.10. The highest BCUT2D eigenvalue weighted by Crippen LogP contribution is 2.29. The predicted octanol–water partition coefficient (Wildman–Crippen LogP) is 2.38. The topological polar surface area (TPSA) is 64.4 Å². The summed E-state index contributed by atoms with van der Waals surface area (Å²) in [5, 5.41) is 2.90. The fourth-order valence-electron chi connectivity index (χ4n) is 2.75. The summed E-state index contributed by atoms with van der Waals surface area (Å²) < 4.78 is 19.6. The van der Waals surface area contributed by atoms with Crippen LogP contribution in [0.5, 0.6) is 0 Å². The van der Waals surface area contributed by atoms with Crippen molar-refractivity contribution in [1.82, 2.24) is 5.32 Å². The number of ether oxygens (including phenoxy) is 1. The van der Waals surface area contributed by atoms with Gasteiger partial charge in [0, 0.05) is 18.5 Å². The molecule has 0 aliphatic heterocycles. The number of nitrogens with one attached hydrogen (secondary N) is 1. The lowest BCUT2D eigenvalue weighted by atomic mass is 9.88. The molecule has 0 unspecified atom stereocenters. The van der Waals surface area contributed by atoms with E-state index in [2.05, 4.69) is 5.32 Å². The van der Waals surface area contributed by atoms with Gasteiger partial charge >= 0.3 is 0 Å². The number of hydrogen-bond donors (Lipinski definition) is 2. The summed E-state index contributed by atoms with van der Waals surface area (Å²) >= 11 is 0. The van der Waals surface area contributed by atoms with Crippen LogP contribution in [0.4, 0.5) is 4.39 Å². The van der Waals surface area contributed by atoms with Crippen LogP contribution in [0.3, 0.4) is 0 Å². The lowest BCUT2D eigenvalue weighted by Gasteiger charge is -2.37. The molecule has 1 aromatic carbocycles. The van der Waals surface area contributed by atoms with Gasteiger partial charge in [0.15, 0.2) is 0 Å². The number of carbonyl (C=O) groups is 1. The molecular weight excluding hydrogens is 271 g/mol. The van der Waals surface area contributed by atoms with Gasteiger partial charge in [-0.25, -0.2) is 4.39 Å². The van der Waals surface area contributed by atoms with Gasteiger partial charge in [-0.15, -0.1) is 0 Å². The Hall–Kier alpha value is -1.46.